The number of anilines is 1. The third-order valence-electron chi connectivity index (χ3n) is 2.47. The minimum Gasteiger partial charge on any atom is -0.480 e. The van der Waals surface area contributed by atoms with Crippen molar-refractivity contribution in [1.29, 1.82) is 0 Å². The lowest BCUT2D eigenvalue weighted by molar-refractivity contribution is -0.140. The Hall–Kier alpha value is -2.11. The molecule has 18 heavy (non-hydrogen) atoms. The first-order valence-corrected chi connectivity index (χ1v) is 5.63. The lowest BCUT2D eigenvalue weighted by Crippen LogP contribution is -2.46. The molecular formula is C12H17N3O3. The normalized spacial score (nSPS) is 12.0. The van der Waals surface area contributed by atoms with Gasteiger partial charge in [0.2, 0.25) is 0 Å². The number of hydrogen-bond donors (Lipinski definition) is 3. The van der Waals surface area contributed by atoms with Crippen molar-refractivity contribution in [3.05, 3.63) is 24.0 Å². The molecule has 0 aromatic carbocycles. The first-order valence-electron chi connectivity index (χ1n) is 5.63. The highest BCUT2D eigenvalue weighted by Crippen LogP contribution is 2.10. The lowest BCUT2D eigenvalue weighted by Gasteiger charge is -2.18. The number of aromatic nitrogens is 1. The highest BCUT2D eigenvalue weighted by Gasteiger charge is 2.23. The standard InChI is InChI=1S/C12H17N3O3/c1-7(2)10(11(16)17)15-12(18)14-9-5-4-6-13-8(9)3/h4-7,10H,1-3H3,(H,16,17)(H2,14,15,18)/t10-/m0/s1. The van der Waals surface area contributed by atoms with Crippen molar-refractivity contribution in [2.24, 2.45) is 5.92 Å². The molecule has 0 saturated carbocycles. The lowest BCUT2D eigenvalue weighted by atomic mass is 10.1. The first-order chi connectivity index (χ1) is 8.41. The molecule has 98 valence electrons. The monoisotopic (exact) mass is 251 g/mol. The van der Waals surface area contributed by atoms with E-state index in [4.69, 9.17) is 5.11 Å². The number of amides is 2. The van der Waals surface area contributed by atoms with Crippen LogP contribution in [-0.4, -0.2) is 28.1 Å². The smallest absolute Gasteiger partial charge is 0.326 e. The molecule has 1 aromatic rings. The average molecular weight is 251 g/mol. The average Bonchev–Trinajstić information content (AvgIpc) is 2.28. The van der Waals surface area contributed by atoms with Gasteiger partial charge in [0.05, 0.1) is 11.4 Å². The van der Waals surface area contributed by atoms with E-state index < -0.39 is 18.0 Å². The van der Waals surface area contributed by atoms with Gasteiger partial charge >= 0.3 is 12.0 Å². The SMILES string of the molecule is Cc1ncccc1NC(=O)N[C@H](C(=O)O)C(C)C. The summed E-state index contributed by atoms with van der Waals surface area (Å²) < 4.78 is 0. The molecule has 1 heterocycles. The van der Waals surface area contributed by atoms with Gasteiger partial charge in [0, 0.05) is 6.20 Å². The van der Waals surface area contributed by atoms with Crippen molar-refractivity contribution < 1.29 is 14.7 Å². The molecule has 0 aliphatic heterocycles. The maximum absolute atomic E-state index is 11.7. The number of pyridine rings is 1. The van der Waals surface area contributed by atoms with E-state index in [-0.39, 0.29) is 5.92 Å². The fraction of sp³-hybridized carbons (Fsp3) is 0.417. The molecule has 0 fully saturated rings. The Morgan fingerprint density at radius 2 is 2.06 bits per heavy atom. The second-order valence-corrected chi connectivity index (χ2v) is 4.29. The summed E-state index contributed by atoms with van der Waals surface area (Å²) in [6, 6.07) is 1.93. The van der Waals surface area contributed by atoms with Crippen LogP contribution < -0.4 is 10.6 Å². The molecule has 0 saturated heterocycles. The summed E-state index contributed by atoms with van der Waals surface area (Å²) in [6.07, 6.45) is 1.62. The fourth-order valence-corrected chi connectivity index (χ4v) is 1.43. The molecule has 0 radical (unpaired) electrons. The number of carboxylic acid groups (broad SMARTS) is 1. The molecule has 1 rings (SSSR count). The van der Waals surface area contributed by atoms with Crippen LogP contribution in [0.3, 0.4) is 0 Å². The second kappa shape index (κ2) is 6.00. The Morgan fingerprint density at radius 3 is 2.56 bits per heavy atom. The second-order valence-electron chi connectivity index (χ2n) is 4.29. The molecular weight excluding hydrogens is 234 g/mol. The number of hydrogen-bond acceptors (Lipinski definition) is 3. The van der Waals surface area contributed by atoms with Crippen molar-refractivity contribution in [2.75, 3.05) is 5.32 Å². The quantitative estimate of drug-likeness (QED) is 0.758. The van der Waals surface area contributed by atoms with Crippen LogP contribution >= 0.6 is 0 Å². The van der Waals surface area contributed by atoms with Crippen LogP contribution in [0.15, 0.2) is 18.3 Å². The maximum atomic E-state index is 11.7. The zero-order valence-electron chi connectivity index (χ0n) is 10.6. The predicted molar refractivity (Wildman–Crippen MR) is 67.4 cm³/mol. The number of urea groups is 1. The van der Waals surface area contributed by atoms with Gasteiger partial charge in [0.1, 0.15) is 6.04 Å². The van der Waals surface area contributed by atoms with Gasteiger partial charge in [0.15, 0.2) is 0 Å². The Kier molecular flexibility index (Phi) is 4.65. The number of nitrogens with zero attached hydrogens (tertiary/aromatic N) is 1. The summed E-state index contributed by atoms with van der Waals surface area (Å²) in [5, 5.41) is 13.9. The van der Waals surface area contributed by atoms with Crippen molar-refractivity contribution >= 4 is 17.7 Å². The summed E-state index contributed by atoms with van der Waals surface area (Å²) in [5.74, 6) is -1.24. The predicted octanol–water partition coefficient (Wildman–Crippen LogP) is 1.62. The van der Waals surface area contributed by atoms with Crippen molar-refractivity contribution in [2.45, 2.75) is 26.8 Å². The van der Waals surface area contributed by atoms with Crippen molar-refractivity contribution in [1.82, 2.24) is 10.3 Å². The number of rotatable bonds is 4. The molecule has 1 aromatic heterocycles. The molecule has 0 aliphatic rings. The van der Waals surface area contributed by atoms with Crippen LogP contribution in [0.25, 0.3) is 0 Å². The molecule has 6 heteroatoms. The van der Waals surface area contributed by atoms with Crippen LogP contribution in [0.1, 0.15) is 19.5 Å². The van der Waals surface area contributed by atoms with E-state index in [1.165, 1.54) is 0 Å². The summed E-state index contributed by atoms with van der Waals surface area (Å²) in [6.45, 7) is 5.22. The third-order valence-corrected chi connectivity index (χ3v) is 2.47. The molecule has 0 bridgehead atoms. The minimum absolute atomic E-state index is 0.191. The Balaban J connectivity index is 2.67. The number of aliphatic carboxylic acids is 1. The fourth-order valence-electron chi connectivity index (χ4n) is 1.43. The molecule has 6 nitrogen and oxygen atoms in total. The molecule has 0 aliphatic carbocycles. The maximum Gasteiger partial charge on any atom is 0.326 e. The van der Waals surface area contributed by atoms with Gasteiger partial charge in [0.25, 0.3) is 0 Å². The molecule has 0 spiro atoms. The van der Waals surface area contributed by atoms with Gasteiger partial charge in [-0.15, -0.1) is 0 Å². The van der Waals surface area contributed by atoms with E-state index in [1.54, 1.807) is 39.1 Å². The van der Waals surface area contributed by atoms with Crippen molar-refractivity contribution in [3.8, 4) is 0 Å². The van der Waals surface area contributed by atoms with Gasteiger partial charge in [-0.3, -0.25) is 4.98 Å². The van der Waals surface area contributed by atoms with Crippen LogP contribution in [0, 0.1) is 12.8 Å². The molecule has 2 amide bonds. The molecule has 0 unspecified atom stereocenters. The minimum atomic E-state index is -1.05. The zero-order valence-corrected chi connectivity index (χ0v) is 10.6. The Morgan fingerprint density at radius 1 is 1.39 bits per heavy atom. The molecule has 1 atom stereocenters. The number of aryl methyl sites for hydroxylation is 1. The van der Waals surface area contributed by atoms with E-state index >= 15 is 0 Å². The number of carboxylic acids is 1. The van der Waals surface area contributed by atoms with Gasteiger partial charge in [-0.05, 0) is 25.0 Å². The van der Waals surface area contributed by atoms with Gasteiger partial charge in [-0.25, -0.2) is 9.59 Å². The zero-order chi connectivity index (χ0) is 13.7. The third kappa shape index (κ3) is 3.73. The number of carbonyl (C=O) groups excluding carboxylic acids is 1. The van der Waals surface area contributed by atoms with Gasteiger partial charge < -0.3 is 15.7 Å². The first kappa shape index (κ1) is 14.0. The Bertz CT molecular complexity index is 446. The largest absolute Gasteiger partial charge is 0.480 e. The summed E-state index contributed by atoms with van der Waals surface area (Å²) in [7, 11) is 0. The summed E-state index contributed by atoms with van der Waals surface area (Å²) in [4.78, 5) is 26.6. The van der Waals surface area contributed by atoms with Crippen LogP contribution in [0.4, 0.5) is 10.5 Å². The van der Waals surface area contributed by atoms with Gasteiger partial charge in [-0.1, -0.05) is 13.8 Å². The van der Waals surface area contributed by atoms with E-state index in [0.717, 1.165) is 0 Å². The Labute approximate surface area is 105 Å². The number of nitrogens with one attached hydrogen (secondary N) is 2. The van der Waals surface area contributed by atoms with E-state index in [1.807, 2.05) is 0 Å². The summed E-state index contributed by atoms with van der Waals surface area (Å²) in [5.41, 5.74) is 1.23. The van der Waals surface area contributed by atoms with E-state index in [2.05, 4.69) is 15.6 Å². The van der Waals surface area contributed by atoms with Crippen LogP contribution in [0.5, 0.6) is 0 Å². The van der Waals surface area contributed by atoms with E-state index in [9.17, 15) is 9.59 Å². The number of carbonyl (C=O) groups is 2. The molecule has 3 N–H and O–H groups in total. The van der Waals surface area contributed by atoms with Crippen LogP contribution in [-0.2, 0) is 4.79 Å². The highest BCUT2D eigenvalue weighted by molar-refractivity contribution is 5.92. The highest BCUT2D eigenvalue weighted by atomic mass is 16.4. The van der Waals surface area contributed by atoms with Crippen LogP contribution in [0.2, 0.25) is 0 Å². The summed E-state index contributed by atoms with van der Waals surface area (Å²) >= 11 is 0. The topological polar surface area (TPSA) is 91.3 Å². The van der Waals surface area contributed by atoms with Crippen molar-refractivity contribution in [3.63, 3.8) is 0 Å². The van der Waals surface area contributed by atoms with E-state index in [0.29, 0.717) is 11.4 Å². The van der Waals surface area contributed by atoms with Gasteiger partial charge in [-0.2, -0.15) is 0 Å².